The van der Waals surface area contributed by atoms with Crippen molar-refractivity contribution in [3.63, 3.8) is 0 Å². The van der Waals surface area contributed by atoms with E-state index in [0.29, 0.717) is 26.2 Å². The van der Waals surface area contributed by atoms with E-state index in [1.807, 2.05) is 67.8 Å². The van der Waals surface area contributed by atoms with Gasteiger partial charge in [0.25, 0.3) is 0 Å². The van der Waals surface area contributed by atoms with E-state index in [9.17, 15) is 40.9 Å². The van der Waals surface area contributed by atoms with Crippen molar-refractivity contribution in [3.05, 3.63) is 110 Å². The minimum absolute atomic E-state index is 0.290. The van der Waals surface area contributed by atoms with Crippen LogP contribution in [0.25, 0.3) is 21.5 Å². The Hall–Kier alpha value is -1.44. The molecule has 25 heteroatoms. The normalized spacial score (nSPS) is 29.8. The first-order valence-electron chi connectivity index (χ1n) is 22.2. The molecule has 3 saturated heterocycles. The number of hydrogen-bond acceptors (Lipinski definition) is 23. The van der Waals surface area contributed by atoms with Crippen LogP contribution in [0.1, 0.15) is 17.5 Å². The summed E-state index contributed by atoms with van der Waals surface area (Å²) in [6.45, 7) is 7.68. The molecule has 3 aliphatic rings. The molecule has 7 rings (SSSR count). The Labute approximate surface area is 446 Å². The average Bonchev–Trinajstić information content (AvgIpc) is 3.41. The van der Waals surface area contributed by atoms with Gasteiger partial charge in [0.15, 0.2) is 18.9 Å². The zero-order valence-corrected chi connectivity index (χ0v) is 44.2. The number of fused-ring (bicyclic) bond motifs is 2. The van der Waals surface area contributed by atoms with Gasteiger partial charge in [-0.3, -0.25) is 4.72 Å². The summed E-state index contributed by atoms with van der Waals surface area (Å²) in [5.74, 6) is 0. The van der Waals surface area contributed by atoms with E-state index in [0.717, 1.165) is 12.8 Å². The van der Waals surface area contributed by atoms with Crippen molar-refractivity contribution in [1.82, 2.24) is 15.4 Å². The minimum atomic E-state index is -1.35. The molecule has 71 heavy (non-hydrogen) atoms. The van der Waals surface area contributed by atoms with Gasteiger partial charge < -0.3 is 111 Å². The molecule has 0 amide bonds. The molecule has 3 unspecified atom stereocenters. The van der Waals surface area contributed by atoms with Crippen molar-refractivity contribution in [2.75, 3.05) is 39.5 Å². The molecule has 0 aromatic heterocycles. The van der Waals surface area contributed by atoms with E-state index in [1.54, 1.807) is 0 Å². The molecule has 0 saturated carbocycles. The van der Waals surface area contributed by atoms with Crippen LogP contribution in [0.15, 0.2) is 84.9 Å². The predicted molar refractivity (Wildman–Crippen MR) is 268 cm³/mol. The van der Waals surface area contributed by atoms with Crippen LogP contribution in [0.5, 0.6) is 0 Å². The zero-order valence-electron chi connectivity index (χ0n) is 38.9. The number of aliphatic hydroxyl groups excluding tert-OH is 12. The molecule has 400 valence electrons. The van der Waals surface area contributed by atoms with Crippen LogP contribution in [0.3, 0.4) is 0 Å². The molecule has 20 nitrogen and oxygen atoms in total. The fourth-order valence-electron chi connectivity index (χ4n) is 7.45. The van der Waals surface area contributed by atoms with Crippen LogP contribution in [0.2, 0.25) is 0 Å². The first kappa shape index (κ1) is 67.6. The summed E-state index contributed by atoms with van der Waals surface area (Å²) in [6.07, 6.45) is -12.5. The third kappa shape index (κ3) is 21.2. The molecular weight excluding hydrogens is 1060 g/mol. The number of aryl methyl sites for hydroxylation is 1. The molecule has 0 aliphatic carbocycles. The van der Waals surface area contributed by atoms with Gasteiger partial charge in [-0.1, -0.05) is 84.9 Å². The van der Waals surface area contributed by atoms with Crippen molar-refractivity contribution in [3.8, 4) is 0 Å². The summed E-state index contributed by atoms with van der Waals surface area (Å²) in [5.41, 5.74) is 13.3. The van der Waals surface area contributed by atoms with Gasteiger partial charge in [-0.25, -0.2) is 0 Å². The third-order valence-corrected chi connectivity index (χ3v) is 11.4. The summed E-state index contributed by atoms with van der Waals surface area (Å²) < 4.78 is 17.2. The number of benzene rings is 4. The summed E-state index contributed by atoms with van der Waals surface area (Å²) in [7, 11) is 8.04. The topological polar surface area (TPSA) is 359 Å². The van der Waals surface area contributed by atoms with Gasteiger partial charge in [-0.15, -0.1) is 25.9 Å². The van der Waals surface area contributed by atoms with Crippen molar-refractivity contribution >= 4 is 54.9 Å². The molecule has 19 N–H and O–H groups in total. The molecule has 15 atom stereocenters. The van der Waals surface area contributed by atoms with Crippen LogP contribution >= 0.6 is 33.4 Å². The number of thiol groups is 1. The first-order chi connectivity index (χ1) is 34.1. The quantitative estimate of drug-likeness (QED) is 0.0413. The summed E-state index contributed by atoms with van der Waals surface area (Å²) in [4.78, 5) is 0. The molecule has 0 radical (unpaired) electrons. The van der Waals surface area contributed by atoms with Gasteiger partial charge in [-0.05, 0) is 52.1 Å². The second-order valence-corrected chi connectivity index (χ2v) is 16.0. The van der Waals surface area contributed by atoms with Gasteiger partial charge in [0.1, 0.15) is 54.9 Å². The van der Waals surface area contributed by atoms with Crippen LogP contribution in [0, 0.1) is 13.8 Å². The maximum absolute atomic E-state index is 10.1. The van der Waals surface area contributed by atoms with Crippen molar-refractivity contribution in [1.29, 1.82) is 0 Å². The molecule has 0 bridgehead atoms. The average molecular weight is 1130 g/mol. The number of ether oxygens (including phenoxy) is 3. The maximum atomic E-state index is 10.1. The number of nitrogens with one attached hydrogen (secondary N) is 3. The number of nitrogens with two attached hydrogens (primary N) is 2. The molecule has 4 aromatic rings. The standard InChI is InChI=1S/C19H25NO5.C11H11N.C8H16NO5.C6H13NO5.C2H6NS.2S.2V/c21-11-15-17(22)18(23)16(19(24)25-15)20-10-4-8-13-7-3-6-12-5-1-2-9-14(12)13;12-8-10-6-3-5-9-4-1-2-7-11(9)10;1-2-9-5-7(12)6(11)4(3-10)14-8(5)13;7-3-5(10)4(9)2(1-8)12-6(3)11;1-2-3-4;;;;/h1-3,5-7,9,15-24H,4,8,10-11H2;1-7H,8,12H2;4-13H,1-3H2;2-6,8-11H,1,7H2;3-4H,1-2H2;;;;/q;;-1;;-1;;;;/t15-,16-,17+,18-,19?;;4-,5-,6+,7-,8?;2-,3-,4+,5-,6?;;;;;/m1.11...../s1. The van der Waals surface area contributed by atoms with E-state index < -0.39 is 112 Å². The number of rotatable bonds is 12. The predicted octanol–water partition coefficient (Wildman–Crippen LogP) is -2.04. The summed E-state index contributed by atoms with van der Waals surface area (Å²) >= 11 is 7.40. The summed E-state index contributed by atoms with van der Waals surface area (Å²) in [5, 5.41) is 123. The second kappa shape index (κ2) is 38.2. The van der Waals surface area contributed by atoms with Crippen LogP contribution in [-0.2, 0) is 58.6 Å². The Kier molecular flexibility index (Phi) is 36.3. The Balaban J connectivity index is 0.000000472. The van der Waals surface area contributed by atoms with E-state index in [1.165, 1.54) is 32.7 Å². The third-order valence-electron chi connectivity index (χ3n) is 11.2. The van der Waals surface area contributed by atoms with Gasteiger partial charge in [0.2, 0.25) is 0 Å². The van der Waals surface area contributed by atoms with Gasteiger partial charge in [0, 0.05) is 6.54 Å². The van der Waals surface area contributed by atoms with Crippen molar-refractivity contribution < 1.29 is 107 Å². The molecule has 3 aliphatic heterocycles. The first-order valence-corrected chi connectivity index (χ1v) is 26.8. The molecule has 3 fully saturated rings. The van der Waals surface area contributed by atoms with E-state index >= 15 is 0 Å². The Morgan fingerprint density at radius 1 is 0.535 bits per heavy atom. The summed E-state index contributed by atoms with van der Waals surface area (Å²) in [6, 6.07) is 26.4. The van der Waals surface area contributed by atoms with Gasteiger partial charge in [-0.2, -0.15) is 0 Å². The van der Waals surface area contributed by atoms with Gasteiger partial charge >= 0.3 is 52.0 Å². The van der Waals surface area contributed by atoms with E-state index in [2.05, 4.69) is 111 Å². The van der Waals surface area contributed by atoms with Crippen LogP contribution in [-0.4, -0.2) is 193 Å². The molecule has 3 heterocycles. The fourth-order valence-corrected chi connectivity index (χ4v) is 7.45. The van der Waals surface area contributed by atoms with E-state index in [4.69, 9.17) is 46.1 Å². The zero-order chi connectivity index (χ0) is 53.6. The second-order valence-electron chi connectivity index (χ2n) is 15.7. The van der Waals surface area contributed by atoms with Crippen LogP contribution < -0.4 is 26.8 Å². The number of aliphatic hydroxyl groups is 12. The molecule has 0 spiro atoms. The number of hydrogen-bond donors (Lipinski definition) is 18. The van der Waals surface area contributed by atoms with Gasteiger partial charge in [0.05, 0.1) is 37.9 Å². The van der Waals surface area contributed by atoms with Crippen molar-refractivity contribution in [2.45, 2.75) is 111 Å². The Morgan fingerprint density at radius 3 is 1.34 bits per heavy atom. The monoisotopic (exact) mass is 1130 g/mol. The fraction of sp³-hybridized carbons (Fsp3) is 0.522. The van der Waals surface area contributed by atoms with Crippen molar-refractivity contribution in [2.24, 2.45) is 11.5 Å². The van der Waals surface area contributed by atoms with E-state index in [-0.39, 0.29) is 0 Å². The SMILES string of the molecule is NCc1cccc2ccccc12.N[C@H]1C(O)O[C@H](CO)[C@H](O)[C@@H]1O.OC[C@H]1OC(O)[C@H](NCCCc2cccc3ccccc23)[C@@H](O)[C@H]1O.[CH2-]CNS.[CH2-]CN[C@H]1C(O)O[C@H](CO)[C@H](O)[C@@H]1O.[S]=[V].[S]=[V]. The molecule has 4 aromatic carbocycles. The van der Waals surface area contributed by atoms with Crippen LogP contribution in [0.4, 0.5) is 0 Å². The molecular formula is C46H71N5O15S3V2-2. The Bertz CT molecular complexity index is 2000. The Morgan fingerprint density at radius 2 is 0.915 bits per heavy atom.